The Morgan fingerprint density at radius 3 is 2.37 bits per heavy atom. The summed E-state index contributed by atoms with van der Waals surface area (Å²) < 4.78 is 0. The van der Waals surface area contributed by atoms with Gasteiger partial charge in [0.15, 0.2) is 5.78 Å². The molecule has 0 aliphatic rings. The molecule has 1 N–H and O–H groups in total. The first-order valence-electron chi connectivity index (χ1n) is 6.25. The Kier molecular flexibility index (Phi) is 6.09. The minimum absolute atomic E-state index is 0.135. The normalized spacial score (nSPS) is 13.6. The average molecular weight is 262 g/mol. The van der Waals surface area contributed by atoms with E-state index in [0.717, 1.165) is 11.8 Å². The van der Waals surface area contributed by atoms with Crippen LogP contribution in [0, 0.1) is 5.92 Å². The standard InChI is InChI=1S/C15H18O4/c1-11(15(19)10-17)14(18)9-13(7-8-16)12-5-3-2-4-6-12/h2-6,8,11,13,17H,7,9-10H2,1H3. The van der Waals surface area contributed by atoms with Crippen LogP contribution in [0.2, 0.25) is 0 Å². The number of hydrogen-bond acceptors (Lipinski definition) is 4. The molecule has 0 aliphatic carbocycles. The lowest BCUT2D eigenvalue weighted by Crippen LogP contribution is -2.25. The van der Waals surface area contributed by atoms with Crippen molar-refractivity contribution in [3.8, 4) is 0 Å². The lowest BCUT2D eigenvalue weighted by atomic mass is 9.87. The third kappa shape index (κ3) is 4.41. The summed E-state index contributed by atoms with van der Waals surface area (Å²) in [5.41, 5.74) is 0.909. The molecule has 0 saturated heterocycles. The van der Waals surface area contributed by atoms with Crippen LogP contribution in [0.1, 0.15) is 31.2 Å². The number of ketones is 2. The molecule has 2 unspecified atom stereocenters. The molecule has 0 heterocycles. The highest BCUT2D eigenvalue weighted by molar-refractivity contribution is 6.02. The molecule has 0 amide bonds. The zero-order chi connectivity index (χ0) is 14.3. The van der Waals surface area contributed by atoms with Crippen molar-refractivity contribution in [2.45, 2.75) is 25.7 Å². The van der Waals surface area contributed by atoms with E-state index in [1.165, 1.54) is 6.92 Å². The van der Waals surface area contributed by atoms with E-state index in [9.17, 15) is 14.4 Å². The summed E-state index contributed by atoms with van der Waals surface area (Å²) in [5, 5.41) is 8.75. The Balaban J connectivity index is 2.77. The smallest absolute Gasteiger partial charge is 0.168 e. The number of carbonyl (C=O) groups is 3. The van der Waals surface area contributed by atoms with E-state index in [-0.39, 0.29) is 24.5 Å². The van der Waals surface area contributed by atoms with Gasteiger partial charge in [0.25, 0.3) is 0 Å². The largest absolute Gasteiger partial charge is 0.389 e. The lowest BCUT2D eigenvalue weighted by molar-refractivity contribution is -0.133. The molecule has 0 fully saturated rings. The second-order valence-electron chi connectivity index (χ2n) is 4.53. The maximum Gasteiger partial charge on any atom is 0.168 e. The van der Waals surface area contributed by atoms with Crippen molar-refractivity contribution in [3.05, 3.63) is 35.9 Å². The van der Waals surface area contributed by atoms with Gasteiger partial charge in [0.2, 0.25) is 0 Å². The van der Waals surface area contributed by atoms with Gasteiger partial charge in [-0.15, -0.1) is 0 Å². The monoisotopic (exact) mass is 262 g/mol. The van der Waals surface area contributed by atoms with Crippen LogP contribution in [0.25, 0.3) is 0 Å². The molecular formula is C15H18O4. The van der Waals surface area contributed by atoms with Gasteiger partial charge in [0.05, 0.1) is 5.92 Å². The Morgan fingerprint density at radius 1 is 1.21 bits per heavy atom. The van der Waals surface area contributed by atoms with Gasteiger partial charge in [0.1, 0.15) is 18.7 Å². The van der Waals surface area contributed by atoms with Gasteiger partial charge >= 0.3 is 0 Å². The van der Waals surface area contributed by atoms with E-state index in [1.54, 1.807) is 0 Å². The summed E-state index contributed by atoms with van der Waals surface area (Å²) in [7, 11) is 0. The Labute approximate surface area is 112 Å². The summed E-state index contributed by atoms with van der Waals surface area (Å²) in [6.45, 7) is 0.862. The number of hydrogen-bond donors (Lipinski definition) is 1. The number of rotatable bonds is 8. The molecule has 1 aromatic carbocycles. The number of aliphatic hydroxyl groups is 1. The molecule has 0 radical (unpaired) electrons. The average Bonchev–Trinajstić information content (AvgIpc) is 2.46. The van der Waals surface area contributed by atoms with Crippen LogP contribution < -0.4 is 0 Å². The van der Waals surface area contributed by atoms with Gasteiger partial charge in [-0.1, -0.05) is 30.3 Å². The molecule has 0 aliphatic heterocycles. The molecule has 4 heteroatoms. The molecule has 0 saturated carbocycles. The van der Waals surface area contributed by atoms with E-state index in [4.69, 9.17) is 5.11 Å². The number of aldehydes is 1. The molecule has 19 heavy (non-hydrogen) atoms. The van der Waals surface area contributed by atoms with Crippen LogP contribution in [0.5, 0.6) is 0 Å². The number of aliphatic hydroxyl groups excluding tert-OH is 1. The van der Waals surface area contributed by atoms with E-state index in [1.807, 2.05) is 30.3 Å². The topological polar surface area (TPSA) is 71.4 Å². The minimum Gasteiger partial charge on any atom is -0.389 e. The van der Waals surface area contributed by atoms with Crippen molar-refractivity contribution >= 4 is 17.9 Å². The third-order valence-electron chi connectivity index (χ3n) is 3.22. The molecule has 102 valence electrons. The predicted molar refractivity (Wildman–Crippen MR) is 70.7 cm³/mol. The van der Waals surface area contributed by atoms with Crippen molar-refractivity contribution in [1.29, 1.82) is 0 Å². The highest BCUT2D eigenvalue weighted by Gasteiger charge is 2.24. The van der Waals surface area contributed by atoms with Crippen LogP contribution in [-0.2, 0) is 14.4 Å². The molecule has 0 spiro atoms. The van der Waals surface area contributed by atoms with Crippen LogP contribution in [0.4, 0.5) is 0 Å². The second kappa shape index (κ2) is 7.59. The van der Waals surface area contributed by atoms with Crippen LogP contribution >= 0.6 is 0 Å². The van der Waals surface area contributed by atoms with Gasteiger partial charge in [0, 0.05) is 12.8 Å². The molecular weight excluding hydrogens is 244 g/mol. The maximum absolute atomic E-state index is 12.0. The van der Waals surface area contributed by atoms with Crippen LogP contribution in [0.3, 0.4) is 0 Å². The highest BCUT2D eigenvalue weighted by Crippen LogP contribution is 2.24. The van der Waals surface area contributed by atoms with Crippen LogP contribution in [0.15, 0.2) is 30.3 Å². The Hall–Kier alpha value is -1.81. The summed E-state index contributed by atoms with van der Waals surface area (Å²) >= 11 is 0. The summed E-state index contributed by atoms with van der Waals surface area (Å²) in [5.74, 6) is -1.75. The lowest BCUT2D eigenvalue weighted by Gasteiger charge is -2.16. The fourth-order valence-corrected chi connectivity index (χ4v) is 1.91. The van der Waals surface area contributed by atoms with Crippen molar-refractivity contribution < 1.29 is 19.5 Å². The Bertz CT molecular complexity index is 439. The first-order chi connectivity index (χ1) is 9.10. The van der Waals surface area contributed by atoms with Gasteiger partial charge in [-0.05, 0) is 18.4 Å². The summed E-state index contributed by atoms with van der Waals surface area (Å²) in [6.07, 6.45) is 1.16. The summed E-state index contributed by atoms with van der Waals surface area (Å²) in [6, 6.07) is 9.28. The zero-order valence-electron chi connectivity index (χ0n) is 10.9. The van der Waals surface area contributed by atoms with E-state index in [2.05, 4.69) is 0 Å². The quantitative estimate of drug-likeness (QED) is 0.569. The van der Waals surface area contributed by atoms with Gasteiger partial charge < -0.3 is 9.90 Å². The molecule has 0 bridgehead atoms. The fourth-order valence-electron chi connectivity index (χ4n) is 1.91. The molecule has 0 aromatic heterocycles. The molecule has 1 aromatic rings. The van der Waals surface area contributed by atoms with Crippen molar-refractivity contribution in [1.82, 2.24) is 0 Å². The van der Waals surface area contributed by atoms with E-state index < -0.39 is 18.3 Å². The van der Waals surface area contributed by atoms with Crippen molar-refractivity contribution in [2.24, 2.45) is 5.92 Å². The SMILES string of the molecule is CC(C(=O)CO)C(=O)CC(CC=O)c1ccccc1. The van der Waals surface area contributed by atoms with Gasteiger partial charge in [-0.2, -0.15) is 0 Å². The van der Waals surface area contributed by atoms with Gasteiger partial charge in [-0.25, -0.2) is 0 Å². The first-order valence-corrected chi connectivity index (χ1v) is 6.25. The number of benzene rings is 1. The number of carbonyl (C=O) groups excluding carboxylic acids is 3. The first kappa shape index (κ1) is 15.2. The van der Waals surface area contributed by atoms with E-state index in [0.29, 0.717) is 0 Å². The summed E-state index contributed by atoms with van der Waals surface area (Å²) in [4.78, 5) is 34.0. The minimum atomic E-state index is -0.817. The molecule has 1 rings (SSSR count). The van der Waals surface area contributed by atoms with Gasteiger partial charge in [-0.3, -0.25) is 9.59 Å². The Morgan fingerprint density at radius 2 is 1.84 bits per heavy atom. The third-order valence-corrected chi connectivity index (χ3v) is 3.22. The fraction of sp³-hybridized carbons (Fsp3) is 0.400. The zero-order valence-corrected chi connectivity index (χ0v) is 10.9. The number of Topliss-reactive ketones (excluding diaryl/α,β-unsaturated/α-hetero) is 2. The predicted octanol–water partition coefficient (Wildman–Crippen LogP) is 1.52. The van der Waals surface area contributed by atoms with Crippen LogP contribution in [-0.4, -0.2) is 29.6 Å². The second-order valence-corrected chi connectivity index (χ2v) is 4.53. The molecule has 4 nitrogen and oxygen atoms in total. The van der Waals surface area contributed by atoms with Crippen molar-refractivity contribution in [3.63, 3.8) is 0 Å². The maximum atomic E-state index is 12.0. The highest BCUT2D eigenvalue weighted by atomic mass is 16.3. The molecule has 2 atom stereocenters. The van der Waals surface area contributed by atoms with E-state index >= 15 is 0 Å². The van der Waals surface area contributed by atoms with Crippen molar-refractivity contribution in [2.75, 3.05) is 6.61 Å².